The van der Waals surface area contributed by atoms with Gasteiger partial charge in [0, 0.05) is 131 Å². The Hall–Kier alpha value is -5.93. The van der Waals surface area contributed by atoms with Gasteiger partial charge in [-0.15, -0.1) is 34.8 Å². The van der Waals surface area contributed by atoms with Crippen molar-refractivity contribution in [3.05, 3.63) is 268 Å². The van der Waals surface area contributed by atoms with Crippen molar-refractivity contribution >= 4 is 195 Å². The molecule has 0 bridgehead atoms. The summed E-state index contributed by atoms with van der Waals surface area (Å²) in [6, 6.07) is 59.9. The summed E-state index contributed by atoms with van der Waals surface area (Å²) >= 11 is 84.2. The van der Waals surface area contributed by atoms with Crippen LogP contribution in [0.15, 0.2) is 194 Å². The maximum atomic E-state index is 9.44. The van der Waals surface area contributed by atoms with Crippen molar-refractivity contribution in [2.24, 2.45) is 0 Å². The predicted molar refractivity (Wildman–Crippen MR) is 538 cm³/mol. The van der Waals surface area contributed by atoms with Crippen LogP contribution in [0.4, 0.5) is 0 Å². The Morgan fingerprint density at radius 3 is 0.937 bits per heavy atom. The molecule has 3 heterocycles. The van der Waals surface area contributed by atoms with Crippen LogP contribution in [0.1, 0.15) is 148 Å². The number of hydrogen-bond donors (Lipinski definition) is 3. The van der Waals surface area contributed by atoms with E-state index in [1.807, 2.05) is 141 Å². The van der Waals surface area contributed by atoms with Crippen LogP contribution >= 0.6 is 178 Å². The minimum atomic E-state index is -1.16. The maximum Gasteiger partial charge on any atom is 0.191 e. The highest BCUT2D eigenvalue weighted by Gasteiger charge is 2.35. The molecule has 0 amide bonds. The fourth-order valence-corrected chi connectivity index (χ4v) is 15.7. The lowest BCUT2D eigenvalue weighted by molar-refractivity contribution is 0.131. The summed E-state index contributed by atoms with van der Waals surface area (Å²) in [5.41, 5.74) is 6.15. The van der Waals surface area contributed by atoms with Gasteiger partial charge in [0.15, 0.2) is 61.3 Å². The second kappa shape index (κ2) is 59.6. The van der Waals surface area contributed by atoms with Crippen LogP contribution in [0.25, 0.3) is 0 Å². The van der Waals surface area contributed by atoms with Gasteiger partial charge in [-0.1, -0.05) is 286 Å². The largest absolute Gasteiger partial charge is 0.508 e. The Kier molecular flexibility index (Phi) is 54.0. The number of hydrogen-bond acceptors (Lipinski definition) is 14. The number of fused-ring (bicyclic) bond motifs is 3. The molecule has 13 rings (SSSR count). The molecule has 0 saturated heterocycles. The molecule has 6 radical (unpaired) electrons. The number of benzene rings is 10. The monoisotopic (exact) mass is 2080 g/mol. The van der Waals surface area contributed by atoms with E-state index in [2.05, 4.69) is 55.8 Å². The zero-order chi connectivity index (χ0) is 89.5. The van der Waals surface area contributed by atoms with Crippen LogP contribution < -0.4 is 52.1 Å². The van der Waals surface area contributed by atoms with Crippen LogP contribution in [0.2, 0.25) is 40.2 Å². The zero-order valence-electron chi connectivity index (χ0n) is 70.1. The lowest BCUT2D eigenvalue weighted by Crippen LogP contribution is -2.24. The summed E-state index contributed by atoms with van der Waals surface area (Å²) in [6.07, 6.45) is 10.4. The molecular weight excluding hydrogens is 1970 g/mol. The normalized spacial score (nSPS) is 12.6. The first-order valence-corrected chi connectivity index (χ1v) is 46.5. The Balaban J connectivity index is 0.000000402. The number of phenols is 3. The van der Waals surface area contributed by atoms with Crippen molar-refractivity contribution in [1.29, 1.82) is 0 Å². The van der Waals surface area contributed by atoms with E-state index in [1.54, 1.807) is 30.3 Å². The van der Waals surface area contributed by atoms with Crippen LogP contribution in [0.5, 0.6) is 80.5 Å². The van der Waals surface area contributed by atoms with Gasteiger partial charge in [-0.2, -0.15) is 0 Å². The SMILES string of the molecule is C.C.CC1(C)Cc2cccc(O)c2O1.CC1(C)Cc2cccc(OCCCCOc3c(Cl)cc(O)cc3Cl)c2O1.CC1(C)Cc2cccc(OCCCCOc3c(Cl)cc(OCc4ccccc4)cc3Cl)c2O1.ClCCC(Cl)(Cl)Cl.ClCCCCBr.ClCCCCOc1c(Cl)cc(OCc2ccccc2)cc1Cl.Oc1c(Cl)cc(OCc2ccccc2)cc1Cl.[B].[B]. The highest BCUT2D eigenvalue weighted by atomic mass is 79.9. The second-order valence-corrected chi connectivity index (χ2v) is 37.5. The smallest absolute Gasteiger partial charge is 0.191 e. The van der Waals surface area contributed by atoms with Gasteiger partial charge < -0.3 is 67.4 Å². The van der Waals surface area contributed by atoms with E-state index in [0.717, 1.165) is 121 Å². The van der Waals surface area contributed by atoms with Gasteiger partial charge in [0.2, 0.25) is 0 Å². The molecule has 0 aliphatic carbocycles. The molecule has 3 aliphatic heterocycles. The van der Waals surface area contributed by atoms with Gasteiger partial charge in [0.25, 0.3) is 0 Å². The van der Waals surface area contributed by atoms with Crippen LogP contribution in [-0.4, -0.2) is 109 Å². The van der Waals surface area contributed by atoms with Crippen LogP contribution in [-0.2, 0) is 39.1 Å². The van der Waals surface area contributed by atoms with Crippen molar-refractivity contribution in [3.8, 4) is 80.5 Å². The van der Waals surface area contributed by atoms with Gasteiger partial charge in [-0.05, 0) is 128 Å². The average Bonchev–Trinajstić information content (AvgIpc) is 1.67. The van der Waals surface area contributed by atoms with Gasteiger partial charge in [-0.25, -0.2) is 0 Å². The number of unbranched alkanes of at least 4 members (excludes halogenated alkanes) is 4. The van der Waals surface area contributed by atoms with Crippen molar-refractivity contribution in [2.75, 3.05) is 56.0 Å². The summed E-state index contributed by atoms with van der Waals surface area (Å²) in [7, 11) is 0. The molecule has 0 atom stereocenters. The topological polar surface area (TPSA) is 162 Å². The molecule has 3 N–H and O–H groups in total. The second-order valence-electron chi connectivity index (χ2n) is 29.8. The highest BCUT2D eigenvalue weighted by molar-refractivity contribution is 9.09. The minimum absolute atomic E-state index is 0. The maximum absolute atomic E-state index is 9.44. The number of aromatic hydroxyl groups is 3. The van der Waals surface area contributed by atoms with Crippen molar-refractivity contribution < 1.29 is 67.4 Å². The molecular formula is C96H109B2BrCl14O14. The Morgan fingerprint density at radius 1 is 0.346 bits per heavy atom. The molecule has 0 fully saturated rings. The number of ether oxygens (including phenoxy) is 11. The highest BCUT2D eigenvalue weighted by Crippen LogP contribution is 2.46. The standard InChI is InChI=1S/C27H28Cl2O4.C20H22Cl2O4.C17H17Cl3O2.C13H10Cl2O2.C10H12O2.C4H8BrCl.C3H4Cl4.2CH4.2B/c1-27(2)17-20-11-8-12-24(25(20)33-27)30-13-6-7-14-31-26-22(28)15-21(16-23(26)29)32-18-19-9-4-3-5-10-19;1-20(2)12-13-6-5-7-17(18(13)26-20)24-8-3-4-9-25-19-15(21)10-14(23)11-16(19)22;18-8-4-5-9-21-17-15(19)10-14(11-16(17)20)22-12-13-6-2-1-3-7-13;14-11-6-10(7-12(15)13(11)16)17-8-9-4-2-1-3-5-9;1-10(2)6-7-4-3-5-8(11)9(7)12-10;5-3-1-2-4-6;4-2-1-3(5,6)7;;;;/h3-5,8-12,15-16H,6-7,13-14,17-18H2,1-2H3;5-7,10-11,23H,3-4,8-9,12H2,1-2H3;1-3,6-7,10-11H,4-5,8-9,12H2;1-7,16H,8H2;3-5,11H,6H2,1-2H3;1-4H2;1-2H2;2*1H4;;. The molecule has 10 aromatic rings. The van der Waals surface area contributed by atoms with Crippen LogP contribution in [0.3, 0.4) is 0 Å². The Morgan fingerprint density at radius 2 is 0.638 bits per heavy atom. The van der Waals surface area contributed by atoms with E-state index in [0.29, 0.717) is 141 Å². The van der Waals surface area contributed by atoms with Gasteiger partial charge in [-0.3, -0.25) is 0 Å². The van der Waals surface area contributed by atoms with Crippen molar-refractivity contribution in [3.63, 3.8) is 0 Å². The summed E-state index contributed by atoms with van der Waals surface area (Å²) < 4.78 is 62.4. The fourth-order valence-electron chi connectivity index (χ4n) is 11.8. The van der Waals surface area contributed by atoms with Crippen LogP contribution in [0, 0.1) is 0 Å². The molecule has 31 heteroatoms. The summed E-state index contributed by atoms with van der Waals surface area (Å²) in [6.45, 7) is 16.4. The van der Waals surface area contributed by atoms with E-state index >= 15 is 0 Å². The molecule has 127 heavy (non-hydrogen) atoms. The van der Waals surface area contributed by atoms with E-state index in [4.69, 9.17) is 215 Å². The first kappa shape index (κ1) is 115. The molecule has 0 saturated carbocycles. The molecule has 14 nitrogen and oxygen atoms in total. The van der Waals surface area contributed by atoms with Gasteiger partial charge in [0.05, 0.1) is 73.2 Å². The lowest BCUT2D eigenvalue weighted by atomic mass is 10.0. The lowest BCUT2D eigenvalue weighted by Gasteiger charge is -2.18. The number of rotatable bonds is 32. The third-order valence-corrected chi connectivity index (χ3v) is 21.7. The molecule has 10 aromatic carbocycles. The number of alkyl halides is 7. The summed E-state index contributed by atoms with van der Waals surface area (Å²) in [4.78, 5) is 0. The van der Waals surface area contributed by atoms with Gasteiger partial charge in [0.1, 0.15) is 59.6 Å². The fraction of sp³-hybridized carbons (Fsp3) is 0.375. The van der Waals surface area contributed by atoms with E-state index in [1.165, 1.54) is 41.8 Å². The number of halogens is 15. The van der Waals surface area contributed by atoms with E-state index < -0.39 is 3.79 Å². The number of para-hydroxylation sites is 3. The molecule has 0 aromatic heterocycles. The third-order valence-electron chi connectivity index (χ3n) is 17.6. The van der Waals surface area contributed by atoms with Crippen molar-refractivity contribution in [2.45, 2.75) is 174 Å². The Bertz CT molecular complexity index is 4760. The zero-order valence-corrected chi connectivity index (χ0v) is 82.3. The summed E-state index contributed by atoms with van der Waals surface area (Å²) in [5, 5.41) is 32.0. The van der Waals surface area contributed by atoms with Crippen molar-refractivity contribution in [1.82, 2.24) is 0 Å². The first-order chi connectivity index (χ1) is 58.7. The molecule has 3 aliphatic rings. The quantitative estimate of drug-likeness (QED) is 0.0207. The predicted octanol–water partition coefficient (Wildman–Crippen LogP) is 31.4. The average molecular weight is 2080 g/mol. The minimum Gasteiger partial charge on any atom is -0.508 e. The summed E-state index contributed by atoms with van der Waals surface area (Å²) in [5.74, 6) is 9.03. The number of phenolic OH excluding ortho intramolecular Hbond substituents is 3. The molecule has 0 spiro atoms. The Labute approximate surface area is 833 Å². The third kappa shape index (κ3) is 41.8. The van der Waals surface area contributed by atoms with Gasteiger partial charge >= 0.3 is 0 Å². The molecule has 0 unspecified atom stereocenters. The van der Waals surface area contributed by atoms with E-state index in [-0.39, 0.29) is 75.8 Å². The molecule has 688 valence electrons. The first-order valence-electron chi connectivity index (χ1n) is 39.6. The van der Waals surface area contributed by atoms with E-state index in [9.17, 15) is 15.3 Å².